The van der Waals surface area contributed by atoms with Crippen molar-refractivity contribution in [3.8, 4) is 22.5 Å². The number of nitrogens with one attached hydrogen (secondary N) is 2. The third-order valence-corrected chi connectivity index (χ3v) is 6.46. The van der Waals surface area contributed by atoms with Crippen LogP contribution in [0.1, 0.15) is 12.8 Å². The molecule has 0 aliphatic rings. The predicted molar refractivity (Wildman–Crippen MR) is 116 cm³/mol. The van der Waals surface area contributed by atoms with Crippen LogP contribution in [-0.4, -0.2) is 47.1 Å². The molecule has 0 atom stereocenters. The minimum Gasteiger partial charge on any atom is -0.361 e. The molecule has 2 aromatic heterocycles. The molecular formula is C18H20N8O2S2. The normalized spacial score (nSPS) is 11.8. The molecule has 0 radical (unpaired) electrons. The van der Waals surface area contributed by atoms with Gasteiger partial charge in [-0.05, 0) is 47.5 Å². The lowest BCUT2D eigenvalue weighted by Crippen LogP contribution is -2.14. The Kier molecular flexibility index (Phi) is 5.72. The second kappa shape index (κ2) is 8.44. The van der Waals surface area contributed by atoms with E-state index in [0.29, 0.717) is 17.7 Å². The molecule has 0 fully saturated rings. The highest BCUT2D eigenvalue weighted by atomic mass is 32.2. The molecule has 156 valence electrons. The highest BCUT2D eigenvalue weighted by Crippen LogP contribution is 2.39. The van der Waals surface area contributed by atoms with Gasteiger partial charge in [-0.15, -0.1) is 5.10 Å². The first-order valence-electron chi connectivity index (χ1n) is 9.23. The van der Waals surface area contributed by atoms with Gasteiger partial charge < -0.3 is 11.1 Å². The number of thiazole rings is 1. The summed E-state index contributed by atoms with van der Waals surface area (Å²) in [4.78, 5) is 4.67. The Labute approximate surface area is 176 Å². The number of fused-ring (bicyclic) bond motifs is 1. The Hall–Kier alpha value is -2.93. The third kappa shape index (κ3) is 4.03. The number of rotatable bonds is 8. The molecule has 10 nitrogen and oxygen atoms in total. The van der Waals surface area contributed by atoms with Crippen molar-refractivity contribution in [1.82, 2.24) is 25.6 Å². The number of primary sulfonamides is 1. The number of H-pyrrole nitrogens is 1. The average Bonchev–Trinajstić information content (AvgIpc) is 3.39. The fraction of sp³-hybridized carbons (Fsp3) is 0.222. The molecule has 4 aromatic rings. The summed E-state index contributed by atoms with van der Waals surface area (Å²) in [5, 5.41) is 23.3. The largest absolute Gasteiger partial charge is 0.361 e. The average molecular weight is 445 g/mol. The van der Waals surface area contributed by atoms with Crippen molar-refractivity contribution in [2.75, 3.05) is 18.4 Å². The van der Waals surface area contributed by atoms with Crippen LogP contribution in [0, 0.1) is 0 Å². The topological polar surface area (TPSA) is 166 Å². The number of nitrogens with two attached hydrogens (primary N) is 2. The molecule has 0 aliphatic carbocycles. The number of sulfonamides is 1. The highest BCUT2D eigenvalue weighted by molar-refractivity contribution is 7.89. The van der Waals surface area contributed by atoms with Crippen LogP contribution in [0.4, 0.5) is 5.13 Å². The van der Waals surface area contributed by atoms with Gasteiger partial charge in [0.15, 0.2) is 11.0 Å². The lowest BCUT2D eigenvalue weighted by molar-refractivity contribution is 0.598. The monoisotopic (exact) mass is 444 g/mol. The van der Waals surface area contributed by atoms with Crippen molar-refractivity contribution >= 4 is 36.7 Å². The Morgan fingerprint density at radius 1 is 1.10 bits per heavy atom. The van der Waals surface area contributed by atoms with Crippen LogP contribution in [0.3, 0.4) is 0 Å². The third-order valence-electron chi connectivity index (χ3n) is 4.53. The molecular weight excluding hydrogens is 424 g/mol. The molecule has 0 aliphatic heterocycles. The van der Waals surface area contributed by atoms with Gasteiger partial charge >= 0.3 is 0 Å². The van der Waals surface area contributed by atoms with Gasteiger partial charge in [-0.25, -0.2) is 23.6 Å². The van der Waals surface area contributed by atoms with Gasteiger partial charge in [0, 0.05) is 17.7 Å². The number of para-hydroxylation sites is 1. The summed E-state index contributed by atoms with van der Waals surface area (Å²) < 4.78 is 25.4. The molecule has 2 aromatic carbocycles. The van der Waals surface area contributed by atoms with Crippen LogP contribution < -0.4 is 16.2 Å². The maximum Gasteiger partial charge on any atom is 0.238 e. The first-order chi connectivity index (χ1) is 14.5. The number of tetrazole rings is 1. The van der Waals surface area contributed by atoms with Crippen molar-refractivity contribution in [1.29, 1.82) is 0 Å². The van der Waals surface area contributed by atoms with Gasteiger partial charge in [-0.3, -0.25) is 0 Å². The van der Waals surface area contributed by atoms with Crippen LogP contribution in [0.15, 0.2) is 41.3 Å². The number of anilines is 1. The van der Waals surface area contributed by atoms with E-state index in [1.165, 1.54) is 17.4 Å². The first-order valence-corrected chi connectivity index (χ1v) is 11.6. The van der Waals surface area contributed by atoms with Gasteiger partial charge in [0.25, 0.3) is 0 Å². The number of benzene rings is 2. The molecule has 0 bridgehead atoms. The van der Waals surface area contributed by atoms with E-state index in [1.54, 1.807) is 12.1 Å². The zero-order valence-corrected chi connectivity index (χ0v) is 17.5. The summed E-state index contributed by atoms with van der Waals surface area (Å²) >= 11 is 1.53. The van der Waals surface area contributed by atoms with Crippen LogP contribution in [-0.2, 0) is 10.0 Å². The molecule has 2 heterocycles. The Balaban J connectivity index is 1.86. The van der Waals surface area contributed by atoms with E-state index in [9.17, 15) is 8.42 Å². The number of hydrogen-bond acceptors (Lipinski definition) is 9. The predicted octanol–water partition coefficient (Wildman–Crippen LogP) is 1.94. The van der Waals surface area contributed by atoms with Crippen molar-refractivity contribution in [2.24, 2.45) is 10.9 Å². The molecule has 4 rings (SSSR count). The minimum atomic E-state index is -4.01. The second-order valence-corrected chi connectivity index (χ2v) is 9.13. The summed E-state index contributed by atoms with van der Waals surface area (Å²) in [5.41, 5.74) is 7.98. The number of unbranched alkanes of at least 4 members (excludes halogenated alkanes) is 1. The van der Waals surface area contributed by atoms with E-state index >= 15 is 0 Å². The Morgan fingerprint density at radius 2 is 1.90 bits per heavy atom. The van der Waals surface area contributed by atoms with E-state index < -0.39 is 10.0 Å². The highest BCUT2D eigenvalue weighted by Gasteiger charge is 2.23. The van der Waals surface area contributed by atoms with E-state index in [-0.39, 0.29) is 10.7 Å². The number of aromatic nitrogens is 5. The maximum atomic E-state index is 12.2. The molecule has 12 heteroatoms. The minimum absolute atomic E-state index is 0.0640. The molecule has 0 amide bonds. The van der Waals surface area contributed by atoms with Gasteiger partial charge in [0.2, 0.25) is 10.0 Å². The van der Waals surface area contributed by atoms with Gasteiger partial charge in [0.1, 0.15) is 0 Å². The van der Waals surface area contributed by atoms with E-state index in [4.69, 9.17) is 15.9 Å². The molecule has 0 saturated carbocycles. The van der Waals surface area contributed by atoms with Crippen molar-refractivity contribution in [3.63, 3.8) is 0 Å². The van der Waals surface area contributed by atoms with Crippen LogP contribution in [0.2, 0.25) is 0 Å². The smallest absolute Gasteiger partial charge is 0.238 e. The molecule has 0 unspecified atom stereocenters. The number of hydrogen-bond donors (Lipinski definition) is 4. The summed E-state index contributed by atoms with van der Waals surface area (Å²) in [7, 11) is -4.01. The van der Waals surface area contributed by atoms with Gasteiger partial charge in [-0.2, -0.15) is 0 Å². The SMILES string of the molecule is NCCCCNc1nc2c(-c3cccc(S(N)(=O)=O)c3-c3nnn[nH]3)cccc2s1. The fourth-order valence-corrected chi connectivity index (χ4v) is 4.89. The molecule has 0 spiro atoms. The van der Waals surface area contributed by atoms with Gasteiger partial charge in [0.05, 0.1) is 15.1 Å². The summed E-state index contributed by atoms with van der Waals surface area (Å²) in [6, 6.07) is 10.6. The van der Waals surface area contributed by atoms with Gasteiger partial charge in [-0.1, -0.05) is 35.6 Å². The maximum absolute atomic E-state index is 12.2. The van der Waals surface area contributed by atoms with E-state index in [1.807, 2.05) is 18.2 Å². The zero-order valence-electron chi connectivity index (χ0n) is 15.9. The number of nitrogens with zero attached hydrogens (tertiary/aromatic N) is 4. The van der Waals surface area contributed by atoms with Crippen LogP contribution >= 0.6 is 11.3 Å². The number of aromatic amines is 1. The standard InChI is InChI=1S/C18H20N8O2S2/c19-9-1-2-10-21-18-22-16-12(6-3-7-13(16)29-18)11-5-4-8-14(30(20,27)28)15(11)17-23-25-26-24-17/h3-8H,1-2,9-10,19H2,(H,21,22)(H2,20,27,28)(H,23,24,25,26). The second-order valence-electron chi connectivity index (χ2n) is 6.57. The quantitative estimate of drug-likeness (QED) is 0.299. The molecule has 0 saturated heterocycles. The Morgan fingerprint density at radius 3 is 2.63 bits per heavy atom. The summed E-state index contributed by atoms with van der Waals surface area (Å²) in [6.07, 6.45) is 1.90. The van der Waals surface area contributed by atoms with Crippen molar-refractivity contribution < 1.29 is 8.42 Å². The van der Waals surface area contributed by atoms with Crippen LogP contribution in [0.25, 0.3) is 32.7 Å². The fourth-order valence-electron chi connectivity index (χ4n) is 3.21. The lowest BCUT2D eigenvalue weighted by Gasteiger charge is -2.12. The van der Waals surface area contributed by atoms with Crippen molar-refractivity contribution in [3.05, 3.63) is 36.4 Å². The van der Waals surface area contributed by atoms with Crippen LogP contribution in [0.5, 0.6) is 0 Å². The van der Waals surface area contributed by atoms with Crippen molar-refractivity contribution in [2.45, 2.75) is 17.7 Å². The molecule has 30 heavy (non-hydrogen) atoms. The van der Waals surface area contributed by atoms with E-state index in [2.05, 4.69) is 25.9 Å². The zero-order chi connectivity index (χ0) is 21.1. The summed E-state index contributed by atoms with van der Waals surface area (Å²) in [5.74, 6) is 0.210. The molecule has 6 N–H and O–H groups in total. The van der Waals surface area contributed by atoms with E-state index in [0.717, 1.165) is 40.3 Å². The summed E-state index contributed by atoms with van der Waals surface area (Å²) in [6.45, 7) is 1.44. The lowest BCUT2D eigenvalue weighted by atomic mass is 9.98. The first kappa shape index (κ1) is 20.3. The Bertz CT molecular complexity index is 1270.